The zero-order chi connectivity index (χ0) is 16.1. The summed E-state index contributed by atoms with van der Waals surface area (Å²) in [6, 6.07) is 6.68. The fourth-order valence-electron chi connectivity index (χ4n) is 2.10. The number of nitrogens with zero attached hydrogens (tertiary/aromatic N) is 2. The smallest absolute Gasteiger partial charge is 0.274 e. The van der Waals surface area contributed by atoms with Crippen molar-refractivity contribution in [2.24, 2.45) is 0 Å². The van der Waals surface area contributed by atoms with Crippen molar-refractivity contribution in [3.63, 3.8) is 0 Å². The maximum atomic E-state index is 13.1. The number of amides is 1. The highest BCUT2D eigenvalue weighted by Gasteiger charge is 2.12. The normalized spacial score (nSPS) is 10.4. The Balaban J connectivity index is 2.18. The van der Waals surface area contributed by atoms with Crippen LogP contribution in [0.5, 0.6) is 0 Å². The average Bonchev–Trinajstić information content (AvgIpc) is 2.52. The molecule has 116 valence electrons. The van der Waals surface area contributed by atoms with Gasteiger partial charge < -0.3 is 10.2 Å². The number of carbonyl (C=O) groups excluding carboxylic acids is 1. The lowest BCUT2D eigenvalue weighted by Gasteiger charge is -2.21. The molecule has 0 radical (unpaired) electrons. The van der Waals surface area contributed by atoms with Gasteiger partial charge in [0.25, 0.3) is 5.91 Å². The van der Waals surface area contributed by atoms with Crippen molar-refractivity contribution in [3.05, 3.63) is 53.9 Å². The topological polar surface area (TPSA) is 45.2 Å². The number of halogens is 2. The van der Waals surface area contributed by atoms with Gasteiger partial charge in [0.2, 0.25) is 0 Å². The van der Waals surface area contributed by atoms with Gasteiger partial charge in [0, 0.05) is 36.7 Å². The van der Waals surface area contributed by atoms with E-state index in [0.717, 1.165) is 30.9 Å². The second-order valence-electron chi connectivity index (χ2n) is 4.65. The molecule has 0 aliphatic carbocycles. The molecular weight excluding hydrogens is 288 g/mol. The number of benzene rings is 1. The Bertz CT molecular complexity index is 672. The van der Waals surface area contributed by atoms with Gasteiger partial charge in [-0.3, -0.25) is 9.78 Å². The summed E-state index contributed by atoms with van der Waals surface area (Å²) in [5.41, 5.74) is 1.28. The van der Waals surface area contributed by atoms with Crippen LogP contribution in [0.1, 0.15) is 24.3 Å². The Morgan fingerprint density at radius 2 is 1.86 bits per heavy atom. The van der Waals surface area contributed by atoms with Crippen LogP contribution in [-0.4, -0.2) is 24.0 Å². The molecule has 2 rings (SSSR count). The van der Waals surface area contributed by atoms with Crippen molar-refractivity contribution >= 4 is 17.3 Å². The first-order chi connectivity index (χ1) is 10.5. The number of hydrogen-bond donors (Lipinski definition) is 1. The highest BCUT2D eigenvalue weighted by Crippen LogP contribution is 2.17. The summed E-state index contributed by atoms with van der Waals surface area (Å²) in [6.07, 6.45) is 1.55. The summed E-state index contributed by atoms with van der Waals surface area (Å²) >= 11 is 0. The number of rotatable bonds is 5. The lowest BCUT2D eigenvalue weighted by molar-refractivity contribution is 0.102. The highest BCUT2D eigenvalue weighted by atomic mass is 19.2. The van der Waals surface area contributed by atoms with Crippen LogP contribution in [0, 0.1) is 11.6 Å². The van der Waals surface area contributed by atoms with Gasteiger partial charge in [-0.25, -0.2) is 8.78 Å². The molecule has 0 atom stereocenters. The fourth-order valence-corrected chi connectivity index (χ4v) is 2.10. The van der Waals surface area contributed by atoms with Crippen LogP contribution in [0.15, 0.2) is 36.5 Å². The highest BCUT2D eigenvalue weighted by molar-refractivity contribution is 6.03. The Kier molecular flexibility index (Phi) is 5.04. The van der Waals surface area contributed by atoms with Crippen LogP contribution >= 0.6 is 0 Å². The van der Waals surface area contributed by atoms with E-state index in [1.807, 2.05) is 19.9 Å². The molecule has 1 N–H and O–H groups in total. The van der Waals surface area contributed by atoms with Crippen LogP contribution in [-0.2, 0) is 0 Å². The quantitative estimate of drug-likeness (QED) is 0.920. The van der Waals surface area contributed by atoms with Crippen molar-refractivity contribution < 1.29 is 13.6 Å². The van der Waals surface area contributed by atoms with Crippen LogP contribution in [0.2, 0.25) is 0 Å². The largest absolute Gasteiger partial charge is 0.372 e. The van der Waals surface area contributed by atoms with E-state index in [0.29, 0.717) is 0 Å². The average molecular weight is 305 g/mol. The van der Waals surface area contributed by atoms with Crippen molar-refractivity contribution in [2.45, 2.75) is 13.8 Å². The van der Waals surface area contributed by atoms with E-state index in [2.05, 4.69) is 15.2 Å². The molecule has 0 bridgehead atoms. The predicted octanol–water partition coefficient (Wildman–Crippen LogP) is 3.46. The van der Waals surface area contributed by atoms with Crippen molar-refractivity contribution in [3.8, 4) is 0 Å². The first kappa shape index (κ1) is 15.9. The second-order valence-corrected chi connectivity index (χ2v) is 4.65. The third kappa shape index (κ3) is 3.58. The molecule has 6 heteroatoms. The van der Waals surface area contributed by atoms with Gasteiger partial charge in [0.05, 0.1) is 0 Å². The molecular formula is C16H17F2N3O. The van der Waals surface area contributed by atoms with E-state index in [-0.39, 0.29) is 11.4 Å². The number of hydrogen-bond acceptors (Lipinski definition) is 3. The van der Waals surface area contributed by atoms with E-state index in [9.17, 15) is 13.6 Å². The third-order valence-electron chi connectivity index (χ3n) is 3.28. The summed E-state index contributed by atoms with van der Waals surface area (Å²) in [7, 11) is 0. The first-order valence-electron chi connectivity index (χ1n) is 7.02. The maximum absolute atomic E-state index is 13.1. The van der Waals surface area contributed by atoms with Gasteiger partial charge in [0.15, 0.2) is 11.6 Å². The van der Waals surface area contributed by atoms with E-state index in [1.54, 1.807) is 12.3 Å². The summed E-state index contributed by atoms with van der Waals surface area (Å²) in [5, 5.41) is 2.50. The molecule has 0 unspecified atom stereocenters. The molecule has 1 heterocycles. The molecule has 2 aromatic rings. The summed E-state index contributed by atoms with van der Waals surface area (Å²) in [4.78, 5) is 18.3. The third-order valence-corrected chi connectivity index (χ3v) is 3.28. The van der Waals surface area contributed by atoms with Gasteiger partial charge in [-0.2, -0.15) is 0 Å². The second kappa shape index (κ2) is 6.98. The summed E-state index contributed by atoms with van der Waals surface area (Å²) in [6.45, 7) is 5.66. The van der Waals surface area contributed by atoms with E-state index in [1.165, 1.54) is 6.07 Å². The number of carbonyl (C=O) groups is 1. The Labute approximate surface area is 127 Å². The molecule has 1 aromatic heterocycles. The maximum Gasteiger partial charge on any atom is 0.274 e. The van der Waals surface area contributed by atoms with Crippen molar-refractivity contribution in [1.29, 1.82) is 0 Å². The molecule has 1 amide bonds. The lowest BCUT2D eigenvalue weighted by atomic mass is 10.2. The standard InChI is InChI=1S/C16H17F2N3O/c1-3-21(4-2)12-7-8-19-15(10-12)16(22)20-11-5-6-13(17)14(18)9-11/h5-10H,3-4H2,1-2H3,(H,20,22). The SMILES string of the molecule is CCN(CC)c1ccnc(C(=O)Nc2ccc(F)c(F)c2)c1. The van der Waals surface area contributed by atoms with Crippen LogP contribution in [0.3, 0.4) is 0 Å². The van der Waals surface area contributed by atoms with E-state index < -0.39 is 17.5 Å². The number of pyridine rings is 1. The van der Waals surface area contributed by atoms with Crippen LogP contribution in [0.4, 0.5) is 20.2 Å². The Hall–Kier alpha value is -2.50. The zero-order valence-corrected chi connectivity index (χ0v) is 12.4. The molecule has 1 aromatic carbocycles. The zero-order valence-electron chi connectivity index (χ0n) is 12.4. The Morgan fingerprint density at radius 3 is 2.50 bits per heavy atom. The van der Waals surface area contributed by atoms with Gasteiger partial charge in [0.1, 0.15) is 5.69 Å². The molecule has 0 saturated carbocycles. The van der Waals surface area contributed by atoms with Gasteiger partial charge in [-0.05, 0) is 38.1 Å². The minimum absolute atomic E-state index is 0.180. The first-order valence-corrected chi connectivity index (χ1v) is 7.02. The lowest BCUT2D eigenvalue weighted by Crippen LogP contribution is -2.23. The summed E-state index contributed by atoms with van der Waals surface area (Å²) < 4.78 is 26.0. The molecule has 0 fully saturated rings. The van der Waals surface area contributed by atoms with Crippen molar-refractivity contribution in [1.82, 2.24) is 4.98 Å². The Morgan fingerprint density at radius 1 is 1.14 bits per heavy atom. The minimum atomic E-state index is -1.01. The number of anilines is 2. The monoisotopic (exact) mass is 305 g/mol. The van der Waals surface area contributed by atoms with Gasteiger partial charge in [-0.1, -0.05) is 0 Å². The fraction of sp³-hybridized carbons (Fsp3) is 0.250. The van der Waals surface area contributed by atoms with Gasteiger partial charge in [-0.15, -0.1) is 0 Å². The van der Waals surface area contributed by atoms with E-state index in [4.69, 9.17) is 0 Å². The summed E-state index contributed by atoms with van der Waals surface area (Å²) in [5.74, 6) is -2.44. The minimum Gasteiger partial charge on any atom is -0.372 e. The molecule has 22 heavy (non-hydrogen) atoms. The van der Waals surface area contributed by atoms with E-state index >= 15 is 0 Å². The molecule has 0 saturated heterocycles. The molecule has 0 aliphatic rings. The van der Waals surface area contributed by atoms with Crippen LogP contribution in [0.25, 0.3) is 0 Å². The molecule has 4 nitrogen and oxygen atoms in total. The van der Waals surface area contributed by atoms with Gasteiger partial charge >= 0.3 is 0 Å². The molecule has 0 spiro atoms. The molecule has 0 aliphatic heterocycles. The predicted molar refractivity (Wildman–Crippen MR) is 82.1 cm³/mol. The van der Waals surface area contributed by atoms with Crippen molar-refractivity contribution in [2.75, 3.05) is 23.3 Å². The van der Waals surface area contributed by atoms with Crippen LogP contribution < -0.4 is 10.2 Å². The number of aromatic nitrogens is 1. The number of nitrogens with one attached hydrogen (secondary N) is 1.